The number of benzene rings is 3. The Kier molecular flexibility index (Phi) is 5.82. The van der Waals surface area contributed by atoms with Gasteiger partial charge in [0.15, 0.2) is 6.04 Å². The molecule has 0 bridgehead atoms. The average Bonchev–Trinajstić information content (AvgIpc) is 3.13. The molecule has 0 spiro atoms. The Balaban J connectivity index is 1.78. The van der Waals surface area contributed by atoms with Gasteiger partial charge in [0.25, 0.3) is 10.0 Å². The lowest BCUT2D eigenvalue weighted by molar-refractivity contribution is -0.152. The van der Waals surface area contributed by atoms with Crippen LogP contribution < -0.4 is 4.31 Å². The molecule has 0 amide bonds. The van der Waals surface area contributed by atoms with Crippen LogP contribution in [0.4, 0.5) is 5.69 Å². The van der Waals surface area contributed by atoms with Gasteiger partial charge in [0.1, 0.15) is 5.60 Å². The van der Waals surface area contributed by atoms with Crippen molar-refractivity contribution in [3.05, 3.63) is 71.2 Å². The number of aliphatic hydroxyl groups is 1. The molecule has 3 aromatic carbocycles. The molecule has 1 fully saturated rings. The molecule has 0 saturated heterocycles. The van der Waals surface area contributed by atoms with E-state index in [9.17, 15) is 18.3 Å². The molecule has 0 aromatic heterocycles. The van der Waals surface area contributed by atoms with Gasteiger partial charge in [-0.15, -0.1) is 0 Å². The minimum Gasteiger partial charge on any atom is -0.467 e. The van der Waals surface area contributed by atoms with Gasteiger partial charge in [-0.05, 0) is 48.4 Å². The van der Waals surface area contributed by atoms with Gasteiger partial charge in [-0.1, -0.05) is 67.3 Å². The van der Waals surface area contributed by atoms with Gasteiger partial charge in [0, 0.05) is 16.0 Å². The third-order valence-electron chi connectivity index (χ3n) is 7.22. The molecule has 3 aromatic rings. The van der Waals surface area contributed by atoms with Crippen molar-refractivity contribution in [2.45, 2.75) is 48.6 Å². The van der Waals surface area contributed by atoms with Gasteiger partial charge < -0.3 is 9.84 Å². The van der Waals surface area contributed by atoms with Crippen LogP contribution in [-0.2, 0) is 25.2 Å². The fourth-order valence-corrected chi connectivity index (χ4v) is 7.69. The monoisotopic (exact) mass is 499 g/mol. The van der Waals surface area contributed by atoms with E-state index in [0.717, 1.165) is 29.0 Å². The number of hydrogen-bond donors (Lipinski definition) is 1. The highest BCUT2D eigenvalue weighted by Crippen LogP contribution is 2.54. The van der Waals surface area contributed by atoms with Gasteiger partial charge in [-0.25, -0.2) is 17.5 Å². The first kappa shape index (κ1) is 23.1. The molecule has 2 atom stereocenters. The molecular formula is C26H26ClNO5S. The predicted octanol–water partition coefficient (Wildman–Crippen LogP) is 5.01. The van der Waals surface area contributed by atoms with Crippen LogP contribution in [0.3, 0.4) is 0 Å². The highest BCUT2D eigenvalue weighted by molar-refractivity contribution is 7.93. The summed E-state index contributed by atoms with van der Waals surface area (Å²) >= 11 is 6.31. The maximum Gasteiger partial charge on any atom is 0.333 e. The van der Waals surface area contributed by atoms with E-state index in [-0.39, 0.29) is 16.5 Å². The van der Waals surface area contributed by atoms with E-state index >= 15 is 0 Å². The van der Waals surface area contributed by atoms with Crippen LogP contribution in [0.15, 0.2) is 65.6 Å². The summed E-state index contributed by atoms with van der Waals surface area (Å²) in [6, 6.07) is 15.5. The highest BCUT2D eigenvalue weighted by atomic mass is 35.5. The topological polar surface area (TPSA) is 83.9 Å². The minimum atomic E-state index is -4.28. The van der Waals surface area contributed by atoms with Gasteiger partial charge in [0.2, 0.25) is 0 Å². The minimum absolute atomic E-state index is 0.0632. The van der Waals surface area contributed by atoms with Crippen molar-refractivity contribution >= 4 is 44.1 Å². The highest BCUT2D eigenvalue weighted by Gasteiger charge is 2.61. The number of nitrogens with zero attached hydrogens (tertiary/aromatic N) is 1. The number of sulfonamides is 1. The van der Waals surface area contributed by atoms with Crippen LogP contribution >= 0.6 is 11.6 Å². The number of hydrogen-bond acceptors (Lipinski definition) is 5. The summed E-state index contributed by atoms with van der Waals surface area (Å²) in [6.07, 6.45) is 4.19. The van der Waals surface area contributed by atoms with Crippen molar-refractivity contribution in [2.75, 3.05) is 11.4 Å². The molecule has 1 saturated carbocycles. The van der Waals surface area contributed by atoms with Gasteiger partial charge >= 0.3 is 5.97 Å². The Morgan fingerprint density at radius 3 is 2.50 bits per heavy atom. The van der Waals surface area contributed by atoms with E-state index in [4.69, 9.17) is 16.3 Å². The second-order valence-electron chi connectivity index (χ2n) is 9.03. The molecule has 178 valence electrons. The second kappa shape index (κ2) is 8.56. The van der Waals surface area contributed by atoms with E-state index in [1.165, 1.54) is 13.2 Å². The average molecular weight is 500 g/mol. The summed E-state index contributed by atoms with van der Waals surface area (Å²) in [5, 5.41) is 13.9. The lowest BCUT2D eigenvalue weighted by atomic mass is 9.71. The SMILES string of the molecule is COC(=O)C1N(S(=O)(=O)c2cccc3ccccc23)c2ccc(Cl)cc2C1(O)C1CCCCC1. The van der Waals surface area contributed by atoms with Gasteiger partial charge in [0.05, 0.1) is 17.7 Å². The first-order valence-corrected chi connectivity index (χ1v) is 13.2. The summed E-state index contributed by atoms with van der Waals surface area (Å²) in [5.74, 6) is -1.11. The number of carbonyl (C=O) groups excluding carboxylic acids is 1. The van der Waals surface area contributed by atoms with Crippen molar-refractivity contribution in [3.8, 4) is 0 Å². The number of carbonyl (C=O) groups is 1. The van der Waals surface area contributed by atoms with Crippen molar-refractivity contribution in [2.24, 2.45) is 5.92 Å². The quantitative estimate of drug-likeness (QED) is 0.510. The smallest absolute Gasteiger partial charge is 0.333 e. The Bertz CT molecular complexity index is 1360. The van der Waals surface area contributed by atoms with Crippen molar-refractivity contribution in [1.29, 1.82) is 0 Å². The number of halogens is 1. The number of rotatable bonds is 4. The molecule has 1 N–H and O–H groups in total. The maximum atomic E-state index is 14.3. The van der Waals surface area contributed by atoms with Crippen LogP contribution in [0.2, 0.25) is 5.02 Å². The van der Waals surface area contributed by atoms with E-state index < -0.39 is 27.6 Å². The molecule has 0 radical (unpaired) electrons. The van der Waals surface area contributed by atoms with Crippen molar-refractivity contribution < 1.29 is 23.1 Å². The molecule has 2 aliphatic rings. The summed E-state index contributed by atoms with van der Waals surface area (Å²) in [5.41, 5.74) is -1.15. The summed E-state index contributed by atoms with van der Waals surface area (Å²) in [7, 11) is -3.07. The van der Waals surface area contributed by atoms with Crippen molar-refractivity contribution in [1.82, 2.24) is 0 Å². The van der Waals surface area contributed by atoms with Crippen LogP contribution in [0.5, 0.6) is 0 Å². The zero-order valence-electron chi connectivity index (χ0n) is 18.8. The Labute approximate surface area is 204 Å². The molecule has 6 nitrogen and oxygen atoms in total. The lowest BCUT2D eigenvalue weighted by Crippen LogP contribution is -2.56. The molecule has 1 heterocycles. The first-order valence-electron chi connectivity index (χ1n) is 11.4. The molecule has 1 aliphatic heterocycles. The Morgan fingerprint density at radius 1 is 1.06 bits per heavy atom. The summed E-state index contributed by atoms with van der Waals surface area (Å²) < 4.78 is 34.7. The Hall–Kier alpha value is -2.61. The summed E-state index contributed by atoms with van der Waals surface area (Å²) in [4.78, 5) is 13.3. The van der Waals surface area contributed by atoms with Crippen molar-refractivity contribution in [3.63, 3.8) is 0 Å². The standard InChI is InChI=1S/C26H26ClNO5S/c1-33-25(29)24-26(30,18-10-3-2-4-11-18)21-16-19(27)14-15-22(21)28(24)34(31,32)23-13-7-9-17-8-5-6-12-20(17)23/h5-9,12-16,18,24,30H,2-4,10-11H2,1H3. The van der Waals surface area contributed by atoms with Gasteiger partial charge in [-0.3, -0.25) is 0 Å². The van der Waals surface area contributed by atoms with E-state index in [2.05, 4.69) is 0 Å². The van der Waals surface area contributed by atoms with Crippen LogP contribution in [0.1, 0.15) is 37.7 Å². The number of methoxy groups -OCH3 is 1. The molecule has 5 rings (SSSR count). The van der Waals surface area contributed by atoms with Crippen LogP contribution in [0, 0.1) is 5.92 Å². The lowest BCUT2D eigenvalue weighted by Gasteiger charge is -2.40. The second-order valence-corrected chi connectivity index (χ2v) is 11.2. The van der Waals surface area contributed by atoms with Gasteiger partial charge in [-0.2, -0.15) is 0 Å². The molecular weight excluding hydrogens is 474 g/mol. The number of esters is 1. The zero-order valence-corrected chi connectivity index (χ0v) is 20.3. The van der Waals surface area contributed by atoms with Crippen LogP contribution in [-0.4, -0.2) is 32.6 Å². The fraction of sp³-hybridized carbons (Fsp3) is 0.346. The molecule has 2 unspecified atom stereocenters. The number of anilines is 1. The Morgan fingerprint density at radius 2 is 1.76 bits per heavy atom. The number of fused-ring (bicyclic) bond motifs is 2. The summed E-state index contributed by atoms with van der Waals surface area (Å²) in [6.45, 7) is 0. The van der Waals surface area contributed by atoms with E-state index in [1.54, 1.807) is 36.4 Å². The largest absolute Gasteiger partial charge is 0.467 e. The zero-order chi connectivity index (χ0) is 24.1. The van der Waals surface area contributed by atoms with E-state index in [1.807, 2.05) is 18.2 Å². The molecule has 34 heavy (non-hydrogen) atoms. The normalized spacial score (nSPS) is 23.1. The molecule has 8 heteroatoms. The maximum absolute atomic E-state index is 14.3. The number of ether oxygens (including phenoxy) is 1. The fourth-order valence-electron chi connectivity index (χ4n) is 5.65. The third kappa shape index (κ3) is 3.41. The third-order valence-corrected chi connectivity index (χ3v) is 9.29. The van der Waals surface area contributed by atoms with Crippen LogP contribution in [0.25, 0.3) is 10.8 Å². The predicted molar refractivity (Wildman–Crippen MR) is 131 cm³/mol. The molecule has 1 aliphatic carbocycles. The first-order chi connectivity index (χ1) is 16.3. The van der Waals surface area contributed by atoms with E-state index in [0.29, 0.717) is 28.8 Å².